The van der Waals surface area contributed by atoms with E-state index in [9.17, 15) is 4.79 Å². The molecule has 2 N–H and O–H groups in total. The van der Waals surface area contributed by atoms with Crippen molar-refractivity contribution in [2.45, 2.75) is 6.04 Å². The third kappa shape index (κ3) is 5.02. The average Bonchev–Trinajstić information content (AvgIpc) is 2.64. The molecule has 3 nitrogen and oxygen atoms in total. The normalized spacial score (nSPS) is 10.6. The van der Waals surface area contributed by atoms with E-state index in [1.54, 1.807) is 0 Å². The van der Waals surface area contributed by atoms with Gasteiger partial charge in [0.25, 0.3) is 0 Å². The van der Waals surface area contributed by atoms with Gasteiger partial charge in [-0.1, -0.05) is 82.7 Å². The summed E-state index contributed by atoms with van der Waals surface area (Å²) in [6, 6.07) is 27.8. The number of amides is 1. The lowest BCUT2D eigenvalue weighted by Crippen LogP contribution is -2.31. The first kappa shape index (κ1) is 17.4. The van der Waals surface area contributed by atoms with Gasteiger partial charge in [0, 0.05) is 10.2 Å². The van der Waals surface area contributed by atoms with Crippen LogP contribution in [0.4, 0.5) is 5.69 Å². The van der Waals surface area contributed by atoms with E-state index in [2.05, 4.69) is 50.8 Å². The summed E-state index contributed by atoms with van der Waals surface area (Å²) in [4.78, 5) is 12.3. The van der Waals surface area contributed by atoms with Crippen LogP contribution in [0, 0.1) is 0 Å². The smallest absolute Gasteiger partial charge is 0.238 e. The van der Waals surface area contributed by atoms with Crippen LogP contribution in [0.2, 0.25) is 0 Å². The standard InChI is InChI=1S/C21H19BrN2O/c22-18-12-7-13-19(14-18)24-20(25)15-23-21(16-8-3-1-4-9-16)17-10-5-2-6-11-17/h1-14,21,23H,15H2,(H,24,25). The maximum absolute atomic E-state index is 12.3. The summed E-state index contributed by atoms with van der Waals surface area (Å²) >= 11 is 3.41. The lowest BCUT2D eigenvalue weighted by atomic mass is 9.99. The van der Waals surface area contributed by atoms with Gasteiger partial charge >= 0.3 is 0 Å². The van der Waals surface area contributed by atoms with E-state index in [1.807, 2.05) is 60.7 Å². The van der Waals surface area contributed by atoms with Crippen molar-refractivity contribution in [1.29, 1.82) is 0 Å². The van der Waals surface area contributed by atoms with Crippen molar-refractivity contribution in [3.8, 4) is 0 Å². The number of halogens is 1. The van der Waals surface area contributed by atoms with Gasteiger partial charge in [0.2, 0.25) is 5.91 Å². The SMILES string of the molecule is O=C(CNC(c1ccccc1)c1ccccc1)Nc1cccc(Br)c1. The van der Waals surface area contributed by atoms with Crippen LogP contribution in [0.3, 0.4) is 0 Å². The average molecular weight is 395 g/mol. The quantitative estimate of drug-likeness (QED) is 0.632. The Morgan fingerprint density at radius 1 is 0.840 bits per heavy atom. The van der Waals surface area contributed by atoms with Gasteiger partial charge in [0.05, 0.1) is 12.6 Å². The van der Waals surface area contributed by atoms with E-state index < -0.39 is 0 Å². The fraction of sp³-hybridized carbons (Fsp3) is 0.0952. The number of carbonyl (C=O) groups excluding carboxylic acids is 1. The summed E-state index contributed by atoms with van der Waals surface area (Å²) in [6.07, 6.45) is 0. The van der Waals surface area contributed by atoms with Gasteiger partial charge in [0.15, 0.2) is 0 Å². The van der Waals surface area contributed by atoms with E-state index in [4.69, 9.17) is 0 Å². The fourth-order valence-corrected chi connectivity index (χ4v) is 3.08. The highest BCUT2D eigenvalue weighted by Gasteiger charge is 2.14. The summed E-state index contributed by atoms with van der Waals surface area (Å²) in [6.45, 7) is 0.223. The fourth-order valence-electron chi connectivity index (χ4n) is 2.69. The highest BCUT2D eigenvalue weighted by molar-refractivity contribution is 9.10. The lowest BCUT2D eigenvalue weighted by Gasteiger charge is -2.19. The zero-order chi connectivity index (χ0) is 17.5. The highest BCUT2D eigenvalue weighted by Crippen LogP contribution is 2.21. The van der Waals surface area contributed by atoms with Gasteiger partial charge in [-0.05, 0) is 29.3 Å². The third-order valence-electron chi connectivity index (χ3n) is 3.84. The third-order valence-corrected chi connectivity index (χ3v) is 4.33. The van der Waals surface area contributed by atoms with Crippen LogP contribution in [-0.2, 0) is 4.79 Å². The molecule has 0 unspecified atom stereocenters. The van der Waals surface area contributed by atoms with Gasteiger partial charge in [-0.15, -0.1) is 0 Å². The summed E-state index contributed by atoms with van der Waals surface area (Å²) in [5.41, 5.74) is 3.03. The van der Waals surface area contributed by atoms with Crippen LogP contribution in [-0.4, -0.2) is 12.5 Å². The topological polar surface area (TPSA) is 41.1 Å². The summed E-state index contributed by atoms with van der Waals surface area (Å²) < 4.78 is 0.935. The maximum Gasteiger partial charge on any atom is 0.238 e. The zero-order valence-electron chi connectivity index (χ0n) is 13.7. The molecule has 0 atom stereocenters. The molecule has 0 saturated carbocycles. The molecule has 0 fully saturated rings. The zero-order valence-corrected chi connectivity index (χ0v) is 15.2. The molecule has 0 radical (unpaired) electrons. The minimum Gasteiger partial charge on any atom is -0.325 e. The lowest BCUT2D eigenvalue weighted by molar-refractivity contribution is -0.115. The molecule has 3 rings (SSSR count). The molecule has 0 bridgehead atoms. The van der Waals surface area contributed by atoms with Gasteiger partial charge < -0.3 is 5.32 Å². The predicted octanol–water partition coefficient (Wildman–Crippen LogP) is 4.77. The molecular weight excluding hydrogens is 376 g/mol. The summed E-state index contributed by atoms with van der Waals surface area (Å²) in [5, 5.41) is 6.27. The second kappa shape index (κ2) is 8.60. The van der Waals surface area contributed by atoms with Crippen LogP contribution in [0.1, 0.15) is 17.2 Å². The Bertz CT molecular complexity index is 782. The van der Waals surface area contributed by atoms with Gasteiger partial charge in [-0.2, -0.15) is 0 Å². The van der Waals surface area contributed by atoms with Crippen molar-refractivity contribution >= 4 is 27.5 Å². The molecule has 0 aliphatic heterocycles. The van der Waals surface area contributed by atoms with Crippen molar-refractivity contribution in [2.75, 3.05) is 11.9 Å². The van der Waals surface area contributed by atoms with Crippen molar-refractivity contribution in [2.24, 2.45) is 0 Å². The van der Waals surface area contributed by atoms with Gasteiger partial charge in [-0.25, -0.2) is 0 Å². The molecule has 1 amide bonds. The summed E-state index contributed by atoms with van der Waals surface area (Å²) in [5.74, 6) is -0.0741. The van der Waals surface area contributed by atoms with Gasteiger partial charge in [0.1, 0.15) is 0 Å². The first-order valence-electron chi connectivity index (χ1n) is 8.11. The molecule has 0 aliphatic rings. The molecule has 126 valence electrons. The molecule has 3 aromatic carbocycles. The maximum atomic E-state index is 12.3. The number of anilines is 1. The van der Waals surface area contributed by atoms with Crippen molar-refractivity contribution in [1.82, 2.24) is 5.32 Å². The van der Waals surface area contributed by atoms with Crippen molar-refractivity contribution in [3.05, 3.63) is 101 Å². The minimum atomic E-state index is -0.0741. The molecule has 0 spiro atoms. The molecule has 3 aromatic rings. The van der Waals surface area contributed by atoms with E-state index in [-0.39, 0.29) is 18.5 Å². The van der Waals surface area contributed by atoms with E-state index in [1.165, 1.54) is 0 Å². The highest BCUT2D eigenvalue weighted by atomic mass is 79.9. The molecule has 0 aliphatic carbocycles. The molecule has 0 saturated heterocycles. The first-order chi connectivity index (χ1) is 12.2. The molecule has 0 heterocycles. The van der Waals surface area contributed by atoms with Crippen LogP contribution in [0.25, 0.3) is 0 Å². The van der Waals surface area contributed by atoms with Crippen molar-refractivity contribution < 1.29 is 4.79 Å². The Balaban J connectivity index is 1.70. The van der Waals surface area contributed by atoms with Crippen molar-refractivity contribution in [3.63, 3.8) is 0 Å². The number of rotatable bonds is 6. The predicted molar refractivity (Wildman–Crippen MR) is 106 cm³/mol. The van der Waals surface area contributed by atoms with Crippen LogP contribution >= 0.6 is 15.9 Å². The Hall–Kier alpha value is -2.43. The molecule has 25 heavy (non-hydrogen) atoms. The summed E-state index contributed by atoms with van der Waals surface area (Å²) in [7, 11) is 0. The Labute approximate surface area is 156 Å². The van der Waals surface area contributed by atoms with E-state index >= 15 is 0 Å². The molecule has 0 aromatic heterocycles. The monoisotopic (exact) mass is 394 g/mol. The second-order valence-electron chi connectivity index (χ2n) is 5.69. The Morgan fingerprint density at radius 3 is 2.00 bits per heavy atom. The van der Waals surface area contributed by atoms with Crippen LogP contribution in [0.15, 0.2) is 89.4 Å². The Kier molecular flexibility index (Phi) is 5.99. The minimum absolute atomic E-state index is 0.0318. The molecule has 4 heteroatoms. The Morgan fingerprint density at radius 2 is 1.44 bits per heavy atom. The van der Waals surface area contributed by atoms with Gasteiger partial charge in [-0.3, -0.25) is 10.1 Å². The number of hydrogen-bond donors (Lipinski definition) is 2. The number of hydrogen-bond acceptors (Lipinski definition) is 2. The number of carbonyl (C=O) groups is 1. The number of benzene rings is 3. The second-order valence-corrected chi connectivity index (χ2v) is 6.61. The van der Waals surface area contributed by atoms with E-state index in [0.29, 0.717) is 0 Å². The largest absolute Gasteiger partial charge is 0.325 e. The number of nitrogens with one attached hydrogen (secondary N) is 2. The van der Waals surface area contributed by atoms with E-state index in [0.717, 1.165) is 21.3 Å². The van der Waals surface area contributed by atoms with Crippen LogP contribution < -0.4 is 10.6 Å². The van der Waals surface area contributed by atoms with Crippen LogP contribution in [0.5, 0.6) is 0 Å². The molecular formula is C21H19BrN2O. The first-order valence-corrected chi connectivity index (χ1v) is 8.90.